The topological polar surface area (TPSA) is 74.6 Å². The van der Waals surface area contributed by atoms with Gasteiger partial charge in [-0.2, -0.15) is 0 Å². The van der Waals surface area contributed by atoms with Crippen LogP contribution in [0.15, 0.2) is 12.2 Å². The van der Waals surface area contributed by atoms with E-state index in [0.29, 0.717) is 12.2 Å². The molecule has 0 aromatic rings. The summed E-state index contributed by atoms with van der Waals surface area (Å²) >= 11 is 0. The molecule has 5 heteroatoms. The Balaban J connectivity index is 0. The van der Waals surface area contributed by atoms with Crippen molar-refractivity contribution < 1.29 is 71.2 Å². The molecule has 0 amide bonds. The summed E-state index contributed by atoms with van der Waals surface area (Å²) in [6.45, 7) is 0. The van der Waals surface area contributed by atoms with Gasteiger partial charge in [0.2, 0.25) is 0 Å². The van der Waals surface area contributed by atoms with Gasteiger partial charge in [0.05, 0.1) is 0 Å². The van der Waals surface area contributed by atoms with Gasteiger partial charge >= 0.3 is 63.3 Å². The van der Waals surface area contributed by atoms with Crippen LogP contribution in [0, 0.1) is 0 Å². The van der Waals surface area contributed by atoms with E-state index in [-0.39, 0.29) is 51.4 Å². The molecule has 0 bridgehead atoms. The Bertz CT molecular complexity index is 124. The predicted octanol–water partition coefficient (Wildman–Crippen LogP) is -3.28. The maximum atomic E-state index is 9.55. The van der Waals surface area contributed by atoms with Crippen LogP contribution in [0.1, 0.15) is 0 Å². The second-order valence-electron chi connectivity index (χ2n) is 1.01. The molecule has 0 saturated carbocycles. The van der Waals surface area contributed by atoms with Gasteiger partial charge in [-0.25, -0.2) is 9.59 Å². The average Bonchev–Trinajstić information content (AvgIpc) is 1.61. The van der Waals surface area contributed by atoms with Crippen LogP contribution >= 0.6 is 0 Å². The van der Waals surface area contributed by atoms with Gasteiger partial charge in [-0.05, 0) is 0 Å². The van der Waals surface area contributed by atoms with Gasteiger partial charge < -0.3 is 10.2 Å². The summed E-state index contributed by atoms with van der Waals surface area (Å²) in [4.78, 5) is 19.1. The molecule has 2 N–H and O–H groups in total. The Labute approximate surface area is 94.0 Å². The number of carboxylic acids is 2. The van der Waals surface area contributed by atoms with Gasteiger partial charge in [0.15, 0.2) is 0 Å². The van der Waals surface area contributed by atoms with E-state index in [0.717, 1.165) is 0 Å². The van der Waals surface area contributed by atoms with E-state index in [1.54, 1.807) is 0 Å². The third-order valence-electron chi connectivity index (χ3n) is 0.368. The first-order valence-electron chi connectivity index (χ1n) is 1.77. The molecular formula is C4H4KO4+. The van der Waals surface area contributed by atoms with Gasteiger partial charge in [-0.1, -0.05) is 0 Å². The maximum Gasteiger partial charge on any atom is 1.00 e. The molecule has 0 aliphatic rings. The van der Waals surface area contributed by atoms with Gasteiger partial charge in [0, 0.05) is 12.2 Å². The van der Waals surface area contributed by atoms with E-state index in [4.69, 9.17) is 10.2 Å². The zero-order chi connectivity index (χ0) is 6.57. The van der Waals surface area contributed by atoms with E-state index in [9.17, 15) is 9.59 Å². The smallest absolute Gasteiger partial charge is 0.478 e. The van der Waals surface area contributed by atoms with E-state index >= 15 is 0 Å². The Hall–Kier alpha value is 0.316. The standard InChI is InChI=1S/C4H4O4.K/c5-3(6)1-2-4(7)8;/h1-2H,(H,5,6)(H,7,8);/q;+1. The molecule has 0 saturated heterocycles. The second kappa shape index (κ2) is 6.44. The van der Waals surface area contributed by atoms with Crippen LogP contribution < -0.4 is 51.4 Å². The van der Waals surface area contributed by atoms with Gasteiger partial charge in [-0.3, -0.25) is 0 Å². The van der Waals surface area contributed by atoms with E-state index < -0.39 is 11.9 Å². The summed E-state index contributed by atoms with van der Waals surface area (Å²) < 4.78 is 0. The fourth-order valence-electron chi connectivity index (χ4n) is 0.143. The summed E-state index contributed by atoms with van der Waals surface area (Å²) in [5, 5.41) is 15.6. The van der Waals surface area contributed by atoms with Gasteiger partial charge in [0.1, 0.15) is 0 Å². The first-order chi connectivity index (χ1) is 3.63. The van der Waals surface area contributed by atoms with Crippen molar-refractivity contribution in [2.45, 2.75) is 0 Å². The van der Waals surface area contributed by atoms with Crippen molar-refractivity contribution in [2.75, 3.05) is 0 Å². The summed E-state index contributed by atoms with van der Waals surface area (Å²) in [5.41, 5.74) is 0. The predicted molar refractivity (Wildman–Crippen MR) is 24.4 cm³/mol. The molecule has 0 aliphatic carbocycles. The van der Waals surface area contributed by atoms with E-state index in [1.807, 2.05) is 0 Å². The molecule has 0 fully saturated rings. The maximum absolute atomic E-state index is 9.55. The first kappa shape index (κ1) is 12.0. The van der Waals surface area contributed by atoms with Crippen LogP contribution in [-0.2, 0) is 9.59 Å². The van der Waals surface area contributed by atoms with Crippen molar-refractivity contribution >= 4 is 11.9 Å². The van der Waals surface area contributed by atoms with E-state index in [1.165, 1.54) is 0 Å². The molecule has 0 radical (unpaired) electrons. The average molecular weight is 155 g/mol. The molecule has 0 aromatic carbocycles. The van der Waals surface area contributed by atoms with Crippen molar-refractivity contribution in [3.63, 3.8) is 0 Å². The quantitative estimate of drug-likeness (QED) is 0.324. The van der Waals surface area contributed by atoms with Crippen LogP contribution in [0.5, 0.6) is 0 Å². The molecule has 44 valence electrons. The summed E-state index contributed by atoms with van der Waals surface area (Å²) in [7, 11) is 0. The largest absolute Gasteiger partial charge is 1.00 e. The third kappa shape index (κ3) is 11.7. The van der Waals surface area contributed by atoms with Crippen LogP contribution in [0.25, 0.3) is 0 Å². The molecule has 0 rings (SSSR count). The molecule has 0 aromatic heterocycles. The minimum absolute atomic E-state index is 0. The summed E-state index contributed by atoms with van der Waals surface area (Å²) in [5.74, 6) is -2.51. The normalized spacial score (nSPS) is 8.44. The van der Waals surface area contributed by atoms with Gasteiger partial charge in [-0.15, -0.1) is 0 Å². The summed E-state index contributed by atoms with van der Waals surface area (Å²) in [6, 6.07) is 0. The Morgan fingerprint density at radius 3 is 1.33 bits per heavy atom. The molecule has 0 atom stereocenters. The number of hydrogen-bond donors (Lipinski definition) is 2. The van der Waals surface area contributed by atoms with Crippen molar-refractivity contribution in [3.8, 4) is 0 Å². The fraction of sp³-hybridized carbons (Fsp3) is 0. The third-order valence-corrected chi connectivity index (χ3v) is 0.368. The Kier molecular flexibility index (Phi) is 8.61. The number of carbonyl (C=O) groups is 2. The SMILES string of the molecule is O=C(O)C=CC(=O)O.[K+]. The van der Waals surface area contributed by atoms with E-state index in [2.05, 4.69) is 0 Å². The number of hydrogen-bond acceptors (Lipinski definition) is 2. The van der Waals surface area contributed by atoms with Crippen molar-refractivity contribution in [1.29, 1.82) is 0 Å². The number of carboxylic acid groups (broad SMARTS) is 2. The minimum atomic E-state index is -1.26. The molecule has 0 spiro atoms. The fourth-order valence-corrected chi connectivity index (χ4v) is 0.143. The van der Waals surface area contributed by atoms with Gasteiger partial charge in [0.25, 0.3) is 0 Å². The molecule has 0 aliphatic heterocycles. The Morgan fingerprint density at radius 1 is 1.00 bits per heavy atom. The van der Waals surface area contributed by atoms with Crippen LogP contribution in [0.4, 0.5) is 0 Å². The Morgan fingerprint density at radius 2 is 1.22 bits per heavy atom. The van der Waals surface area contributed by atoms with Crippen LogP contribution in [0.3, 0.4) is 0 Å². The molecular weight excluding hydrogens is 151 g/mol. The minimum Gasteiger partial charge on any atom is -0.478 e. The molecule has 9 heavy (non-hydrogen) atoms. The number of aliphatic carboxylic acids is 2. The van der Waals surface area contributed by atoms with Crippen molar-refractivity contribution in [3.05, 3.63) is 12.2 Å². The number of rotatable bonds is 2. The monoisotopic (exact) mass is 155 g/mol. The zero-order valence-electron chi connectivity index (χ0n) is 4.87. The second-order valence-corrected chi connectivity index (χ2v) is 1.01. The van der Waals surface area contributed by atoms with Crippen LogP contribution in [0.2, 0.25) is 0 Å². The van der Waals surface area contributed by atoms with Crippen molar-refractivity contribution in [1.82, 2.24) is 0 Å². The molecule has 0 heterocycles. The van der Waals surface area contributed by atoms with Crippen molar-refractivity contribution in [2.24, 2.45) is 0 Å². The molecule has 4 nitrogen and oxygen atoms in total. The molecule has 0 unspecified atom stereocenters. The first-order valence-corrected chi connectivity index (χ1v) is 1.77. The van der Waals surface area contributed by atoms with Crippen LogP contribution in [-0.4, -0.2) is 22.2 Å². The zero-order valence-corrected chi connectivity index (χ0v) is 7.99. The summed E-state index contributed by atoms with van der Waals surface area (Å²) in [6.07, 6.45) is 1.12.